The van der Waals surface area contributed by atoms with Gasteiger partial charge in [-0.1, -0.05) is 5.16 Å². The fourth-order valence-corrected chi connectivity index (χ4v) is 3.15. The lowest BCUT2D eigenvalue weighted by atomic mass is 9.97. The fraction of sp³-hybridized carbons (Fsp3) is 0.600. The first-order valence-electron chi connectivity index (χ1n) is 7.82. The molecule has 2 aromatic heterocycles. The van der Waals surface area contributed by atoms with E-state index < -0.39 is 0 Å². The van der Waals surface area contributed by atoms with E-state index in [1.165, 1.54) is 0 Å². The van der Waals surface area contributed by atoms with Gasteiger partial charge in [-0.15, -0.1) is 10.2 Å². The summed E-state index contributed by atoms with van der Waals surface area (Å²) in [6.07, 6.45) is 5.98. The van der Waals surface area contributed by atoms with Gasteiger partial charge in [-0.2, -0.15) is 0 Å². The molecule has 1 amide bonds. The summed E-state index contributed by atoms with van der Waals surface area (Å²) in [4.78, 5) is 14.5. The molecule has 1 saturated carbocycles. The molecule has 3 heterocycles. The van der Waals surface area contributed by atoms with E-state index in [9.17, 15) is 4.79 Å². The second-order valence-corrected chi connectivity index (χ2v) is 6.28. The number of nitrogens with zero attached hydrogens (tertiary/aromatic N) is 5. The van der Waals surface area contributed by atoms with Crippen LogP contribution < -0.4 is 0 Å². The van der Waals surface area contributed by atoms with Crippen molar-refractivity contribution < 1.29 is 9.32 Å². The largest absolute Gasteiger partial charge is 0.360 e. The van der Waals surface area contributed by atoms with Crippen molar-refractivity contribution >= 4 is 5.91 Å². The zero-order valence-corrected chi connectivity index (χ0v) is 12.6. The highest BCUT2D eigenvalue weighted by molar-refractivity contribution is 5.92. The van der Waals surface area contributed by atoms with Crippen molar-refractivity contribution in [1.82, 2.24) is 24.8 Å². The summed E-state index contributed by atoms with van der Waals surface area (Å²) in [5, 5.41) is 12.1. The molecule has 0 spiro atoms. The van der Waals surface area contributed by atoms with E-state index in [4.69, 9.17) is 4.52 Å². The lowest BCUT2D eigenvalue weighted by Gasteiger charge is -2.31. The molecule has 7 heteroatoms. The normalized spacial score (nSPS) is 22.0. The number of carbonyl (C=O) groups excluding carboxylic acids is 1. The molecule has 1 saturated heterocycles. The molecule has 0 radical (unpaired) electrons. The van der Waals surface area contributed by atoms with Gasteiger partial charge in [0.2, 0.25) is 0 Å². The number of hydrogen-bond donors (Lipinski definition) is 0. The van der Waals surface area contributed by atoms with Crippen LogP contribution in [-0.2, 0) is 7.05 Å². The molecule has 22 heavy (non-hydrogen) atoms. The highest BCUT2D eigenvalue weighted by Crippen LogP contribution is 2.40. The van der Waals surface area contributed by atoms with Gasteiger partial charge in [0, 0.05) is 38.0 Å². The molecule has 0 aromatic carbocycles. The molecule has 0 unspecified atom stereocenters. The molecular weight excluding hydrogens is 282 g/mol. The van der Waals surface area contributed by atoms with Gasteiger partial charge in [0.15, 0.2) is 5.69 Å². The third kappa shape index (κ3) is 2.40. The Morgan fingerprint density at radius 2 is 2.18 bits per heavy atom. The van der Waals surface area contributed by atoms with Gasteiger partial charge in [0.25, 0.3) is 5.91 Å². The van der Waals surface area contributed by atoms with Crippen LogP contribution in [-0.4, -0.2) is 43.8 Å². The van der Waals surface area contributed by atoms with E-state index in [1.54, 1.807) is 6.33 Å². The van der Waals surface area contributed by atoms with Crippen LogP contribution >= 0.6 is 0 Å². The zero-order chi connectivity index (χ0) is 15.1. The molecule has 1 aliphatic carbocycles. The van der Waals surface area contributed by atoms with Gasteiger partial charge >= 0.3 is 0 Å². The molecule has 116 valence electrons. The van der Waals surface area contributed by atoms with E-state index in [0.717, 1.165) is 43.8 Å². The summed E-state index contributed by atoms with van der Waals surface area (Å²) in [7, 11) is 1.94. The molecule has 2 fully saturated rings. The molecule has 1 atom stereocenters. The van der Waals surface area contributed by atoms with E-state index in [-0.39, 0.29) is 11.8 Å². The predicted molar refractivity (Wildman–Crippen MR) is 77.4 cm³/mol. The van der Waals surface area contributed by atoms with Gasteiger partial charge in [-0.3, -0.25) is 4.79 Å². The number of hydrogen-bond acceptors (Lipinski definition) is 5. The summed E-state index contributed by atoms with van der Waals surface area (Å²) in [6.45, 7) is 1.43. The highest BCUT2D eigenvalue weighted by atomic mass is 16.5. The van der Waals surface area contributed by atoms with Crippen molar-refractivity contribution in [2.45, 2.75) is 37.5 Å². The second-order valence-electron chi connectivity index (χ2n) is 6.28. The van der Waals surface area contributed by atoms with Crippen molar-refractivity contribution in [2.75, 3.05) is 13.1 Å². The van der Waals surface area contributed by atoms with Gasteiger partial charge in [0.05, 0.1) is 0 Å². The van der Waals surface area contributed by atoms with Crippen LogP contribution in [0.5, 0.6) is 0 Å². The summed E-state index contributed by atoms with van der Waals surface area (Å²) in [6, 6.07) is 1.81. The fourth-order valence-electron chi connectivity index (χ4n) is 3.15. The van der Waals surface area contributed by atoms with Crippen LogP contribution in [0.4, 0.5) is 0 Å². The molecule has 7 nitrogen and oxygen atoms in total. The third-order valence-electron chi connectivity index (χ3n) is 4.55. The Morgan fingerprint density at radius 3 is 2.91 bits per heavy atom. The van der Waals surface area contributed by atoms with Crippen molar-refractivity contribution in [1.29, 1.82) is 0 Å². The molecule has 0 bridgehead atoms. The maximum Gasteiger partial charge on any atom is 0.276 e. The first kappa shape index (κ1) is 13.5. The van der Waals surface area contributed by atoms with E-state index in [2.05, 4.69) is 15.4 Å². The number of likely N-dealkylation sites (tertiary alicyclic amines) is 1. The van der Waals surface area contributed by atoms with E-state index >= 15 is 0 Å². The standard InChI is InChI=1S/C15H19N5O2/c1-19-9-16-17-14(19)11-3-2-6-20(8-11)15(21)12-7-13(22-18-12)10-4-5-10/h7,9-11H,2-6,8H2,1H3/t11-/m0/s1. The molecule has 2 aliphatic rings. The van der Waals surface area contributed by atoms with Crippen LogP contribution in [0.3, 0.4) is 0 Å². The van der Waals surface area contributed by atoms with Crippen molar-refractivity contribution in [3.8, 4) is 0 Å². The van der Waals surface area contributed by atoms with Crippen LogP contribution in [0.25, 0.3) is 0 Å². The van der Waals surface area contributed by atoms with Crippen LogP contribution in [0.2, 0.25) is 0 Å². The monoisotopic (exact) mass is 301 g/mol. The number of aromatic nitrogens is 4. The summed E-state index contributed by atoms with van der Waals surface area (Å²) >= 11 is 0. The number of piperidine rings is 1. The first-order valence-corrected chi connectivity index (χ1v) is 7.82. The summed E-state index contributed by atoms with van der Waals surface area (Å²) < 4.78 is 7.23. The van der Waals surface area contributed by atoms with Crippen molar-refractivity contribution in [2.24, 2.45) is 7.05 Å². The van der Waals surface area contributed by atoms with E-state index in [0.29, 0.717) is 18.2 Å². The minimum absolute atomic E-state index is 0.0393. The summed E-state index contributed by atoms with van der Waals surface area (Å²) in [5.74, 6) is 2.46. The average molecular weight is 301 g/mol. The minimum Gasteiger partial charge on any atom is -0.360 e. The number of amides is 1. The Balaban J connectivity index is 1.49. The predicted octanol–water partition coefficient (Wildman–Crippen LogP) is 1.70. The van der Waals surface area contributed by atoms with Crippen LogP contribution in [0.1, 0.15) is 59.6 Å². The number of rotatable bonds is 3. The van der Waals surface area contributed by atoms with Gasteiger partial charge in [-0.05, 0) is 25.7 Å². The van der Waals surface area contributed by atoms with Gasteiger partial charge < -0.3 is 14.0 Å². The Hall–Kier alpha value is -2.18. The van der Waals surface area contributed by atoms with Gasteiger partial charge in [0.1, 0.15) is 17.9 Å². The Kier molecular flexibility index (Phi) is 3.20. The highest BCUT2D eigenvalue weighted by Gasteiger charge is 2.32. The maximum absolute atomic E-state index is 12.6. The molecular formula is C15H19N5O2. The smallest absolute Gasteiger partial charge is 0.276 e. The second kappa shape index (κ2) is 5.23. The molecule has 0 N–H and O–H groups in total. The molecule has 2 aromatic rings. The Labute approximate surface area is 128 Å². The molecule has 1 aliphatic heterocycles. The van der Waals surface area contributed by atoms with Crippen LogP contribution in [0.15, 0.2) is 16.9 Å². The lowest BCUT2D eigenvalue weighted by Crippen LogP contribution is -2.39. The maximum atomic E-state index is 12.6. The average Bonchev–Trinajstić information content (AvgIpc) is 3.11. The zero-order valence-electron chi connectivity index (χ0n) is 12.6. The quantitative estimate of drug-likeness (QED) is 0.862. The Bertz CT molecular complexity index is 688. The van der Waals surface area contributed by atoms with Crippen molar-refractivity contribution in [3.05, 3.63) is 29.7 Å². The summed E-state index contributed by atoms with van der Waals surface area (Å²) in [5.41, 5.74) is 0.431. The number of aryl methyl sites for hydroxylation is 1. The van der Waals surface area contributed by atoms with Crippen LogP contribution in [0, 0.1) is 0 Å². The lowest BCUT2D eigenvalue weighted by molar-refractivity contribution is 0.0693. The Morgan fingerprint density at radius 1 is 1.32 bits per heavy atom. The third-order valence-corrected chi connectivity index (χ3v) is 4.55. The van der Waals surface area contributed by atoms with Gasteiger partial charge in [-0.25, -0.2) is 0 Å². The topological polar surface area (TPSA) is 77.0 Å². The molecule has 4 rings (SSSR count). The van der Waals surface area contributed by atoms with E-state index in [1.807, 2.05) is 22.6 Å². The SMILES string of the molecule is Cn1cnnc1[C@H]1CCCN(C(=O)c2cc(C3CC3)on2)C1. The number of carbonyl (C=O) groups is 1. The van der Waals surface area contributed by atoms with Crippen molar-refractivity contribution in [3.63, 3.8) is 0 Å². The first-order chi connectivity index (χ1) is 10.7. The minimum atomic E-state index is -0.0393.